The van der Waals surface area contributed by atoms with Crippen molar-refractivity contribution in [3.05, 3.63) is 404 Å². The van der Waals surface area contributed by atoms with Crippen molar-refractivity contribution < 1.29 is 38.4 Å². The molecule has 19 aromatic rings. The van der Waals surface area contributed by atoms with Gasteiger partial charge in [-0.2, -0.15) is 0 Å². The molecule has 0 saturated heterocycles. The first kappa shape index (κ1) is 48.5. The van der Waals surface area contributed by atoms with Crippen LogP contribution in [0.25, 0.3) is 144 Å². The van der Waals surface area contributed by atoms with E-state index >= 15 is 0 Å². The van der Waals surface area contributed by atoms with Gasteiger partial charge in [0.15, 0.2) is 0 Å². The topological polar surface area (TPSA) is 16.3 Å². The minimum atomic E-state index is -1.83. The van der Waals surface area contributed by atoms with Crippen molar-refractivity contribution in [2.75, 3.05) is 9.80 Å². The van der Waals surface area contributed by atoms with Crippen LogP contribution < -0.4 is 26.2 Å². The van der Waals surface area contributed by atoms with Gasteiger partial charge in [0, 0.05) is 89.0 Å². The summed E-state index contributed by atoms with van der Waals surface area (Å²) >= 11 is 0. The van der Waals surface area contributed by atoms with Crippen LogP contribution in [-0.2, 0) is 16.2 Å². The summed E-state index contributed by atoms with van der Waals surface area (Å²) in [4.78, 5) is 3.68. The van der Waals surface area contributed by atoms with E-state index in [-0.39, 0.29) is 72.2 Å². The van der Waals surface area contributed by atoms with Gasteiger partial charge in [0.1, 0.15) is 0 Å². The molecule has 21 rings (SSSR count). The third kappa shape index (κ3) is 12.4. The lowest BCUT2D eigenvalue weighted by molar-refractivity contribution is 0.590. The molecule has 4 nitrogen and oxygen atoms in total. The molecular formula is C114H91BN4. The fourth-order valence-corrected chi connectivity index (χ4v) is 17.0. The van der Waals surface area contributed by atoms with Crippen LogP contribution in [0.2, 0.25) is 0 Å². The average molecular weight is 1560 g/mol. The number of fused-ring (bicyclic) bond motifs is 10. The lowest BCUT2D eigenvalue weighted by Gasteiger charge is -2.47. The highest BCUT2D eigenvalue weighted by Crippen LogP contribution is 2.57. The molecule has 0 N–H and O–H groups in total. The van der Waals surface area contributed by atoms with E-state index in [0.29, 0.717) is 61.4 Å². The van der Waals surface area contributed by atoms with Gasteiger partial charge in [-0.25, -0.2) is 0 Å². The number of nitrogens with zero attached hydrogens (tertiary/aromatic N) is 4. The van der Waals surface area contributed by atoms with E-state index < -0.39 is 259 Å². The van der Waals surface area contributed by atoms with Gasteiger partial charge in [0.05, 0.1) is 71.8 Å². The average Bonchev–Trinajstić information content (AvgIpc) is 1.61. The van der Waals surface area contributed by atoms with Crippen LogP contribution in [0.15, 0.2) is 388 Å². The van der Waals surface area contributed by atoms with Crippen molar-refractivity contribution >= 4 is 101 Å². The minimum absolute atomic E-state index is 0.162. The minimum Gasteiger partial charge on any atom is -0.310 e. The number of rotatable bonds is 12. The van der Waals surface area contributed by atoms with Gasteiger partial charge < -0.3 is 18.9 Å². The first-order valence-electron chi connectivity index (χ1n) is 53.7. The zero-order valence-electron chi connectivity index (χ0n) is 94.7. The summed E-state index contributed by atoms with van der Waals surface area (Å²) in [6.07, 6.45) is 0. The molecule has 0 amide bonds. The van der Waals surface area contributed by atoms with Crippen LogP contribution in [0.5, 0.6) is 0 Å². The Morgan fingerprint density at radius 2 is 0.571 bits per heavy atom. The van der Waals surface area contributed by atoms with Crippen LogP contribution in [0.3, 0.4) is 0 Å². The first-order valence-corrected chi connectivity index (χ1v) is 39.7. The molecule has 570 valence electrons. The van der Waals surface area contributed by atoms with Crippen molar-refractivity contribution in [1.82, 2.24) is 9.13 Å². The van der Waals surface area contributed by atoms with Crippen LogP contribution in [-0.4, -0.2) is 15.8 Å². The number of benzene rings is 17. The predicted molar refractivity (Wildman–Crippen MR) is 509 cm³/mol. The quantitative estimate of drug-likeness (QED) is 0.113. The van der Waals surface area contributed by atoms with E-state index in [1.165, 1.54) is 0 Å². The maximum Gasteiger partial charge on any atom is 0.252 e. The summed E-state index contributed by atoms with van der Waals surface area (Å²) in [5, 5.41) is -1.62. The number of hydrogen-bond donors (Lipinski definition) is 0. The molecule has 0 fully saturated rings. The Bertz CT molecular complexity index is 8300. The molecule has 0 aliphatic carbocycles. The number of hydrogen-bond acceptors (Lipinski definition) is 2. The molecule has 5 heteroatoms. The molecule has 2 aliphatic heterocycles. The molecule has 0 unspecified atom stereocenters. The van der Waals surface area contributed by atoms with Crippen LogP contribution in [0, 0.1) is 0 Å². The van der Waals surface area contributed by atoms with Crippen molar-refractivity contribution in [3.63, 3.8) is 0 Å². The van der Waals surface area contributed by atoms with Crippen molar-refractivity contribution in [2.45, 2.75) is 78.6 Å². The van der Waals surface area contributed by atoms with E-state index in [1.807, 2.05) is 188 Å². The monoisotopic (exact) mass is 1550 g/mol. The van der Waals surface area contributed by atoms with Crippen molar-refractivity contribution in [1.29, 1.82) is 0 Å². The summed E-state index contributed by atoms with van der Waals surface area (Å²) in [6, 6.07) is 43.6. The summed E-state index contributed by atoms with van der Waals surface area (Å²) in [7, 11) is 0. The maximum atomic E-state index is 12.3. The largest absolute Gasteiger partial charge is 0.310 e. The first-order chi connectivity index (χ1) is 69.7. The normalized spacial score (nSPS) is 16.0. The molecule has 2 aromatic heterocycles. The second-order valence-electron chi connectivity index (χ2n) is 33.4. The zero-order chi connectivity index (χ0) is 105. The SMILES string of the molecule is [2H]c1c([2H])c([2H])c(-c2c([2H])c([2H])c([2H])c3c4c([2H])c(-c5ccccc5)c([2H])c([2H])c4n(-c4c([2H])c([2H])c5c(c4[2H])N(c4c(-c6ccccc6)cc(C(C)(C)C)cc4-c4ccccc4)c4cc(C(C)(C)C)cc6c4B5c4c([2H])c([2H])c(-n5c7c([2H])c([2H])c(-c8ccccc8)c([2H])c7c7c([2H])c([2H])c([2H])c(-c8c([2H])c([2H])c([2H])c([2H])c8[2H])c75)c([2H])c4N6c4c(-c5ccccc5)cc(C(C)(C)C)cc4-c4ccccc4)c23)c([2H])c1[2H]. The molecule has 0 atom stereocenters. The third-order valence-corrected chi connectivity index (χ3v) is 22.9. The van der Waals surface area contributed by atoms with Gasteiger partial charge in [0.25, 0.3) is 6.71 Å². The maximum absolute atomic E-state index is 12.3. The van der Waals surface area contributed by atoms with Crippen LogP contribution >= 0.6 is 0 Å². The van der Waals surface area contributed by atoms with Crippen molar-refractivity contribution in [2.24, 2.45) is 0 Å². The zero-order valence-corrected chi connectivity index (χ0v) is 66.7. The Hall–Kier alpha value is -14.0. The Morgan fingerprint density at radius 3 is 0.899 bits per heavy atom. The fraction of sp³-hybridized carbons (Fsp3) is 0.105. The fourth-order valence-electron chi connectivity index (χ4n) is 17.0. The van der Waals surface area contributed by atoms with Gasteiger partial charge in [-0.1, -0.05) is 365 Å². The summed E-state index contributed by atoms with van der Waals surface area (Å²) in [5.41, 5.74) is -1.60. The lowest BCUT2D eigenvalue weighted by atomic mass is 9.33. The van der Waals surface area contributed by atoms with Crippen molar-refractivity contribution in [3.8, 4) is 100 Å². The molecule has 4 heterocycles. The summed E-state index contributed by atoms with van der Waals surface area (Å²) in [6.45, 7) is 16.5. The predicted octanol–water partition coefficient (Wildman–Crippen LogP) is 29.2. The van der Waals surface area contributed by atoms with Gasteiger partial charge in [-0.3, -0.25) is 0 Å². The second-order valence-corrected chi connectivity index (χ2v) is 33.4. The van der Waals surface area contributed by atoms with E-state index in [1.54, 1.807) is 60.7 Å². The molecule has 2 aliphatic rings. The van der Waals surface area contributed by atoms with Gasteiger partial charge in [0.2, 0.25) is 0 Å². The second kappa shape index (κ2) is 28.4. The number of anilines is 6. The Morgan fingerprint density at radius 1 is 0.252 bits per heavy atom. The highest BCUT2D eigenvalue weighted by molar-refractivity contribution is 7.00. The standard InChI is InChI=1S/C114H91BN4/c1-112(2,3)84-66-93(78-44-26-14-27-45-78)110(94(67-84)79-46-28-15-29-47-79)118-103-72-87(116-101-62-56-82(74-36-18-10-19-37-74)64-97(101)91-54-34-52-89(108(91)116)76-40-22-12-23-41-76)58-60-99(103)115-100-61-59-88(117-102-63-57-83(75-38-20-11-21-39-75)65-98(102)92-55-35-53-90(109(92)117)77-42-24-13-25-43-77)73-104(100)119(106-71-86(114(7,8)9)70-105(118)107(106)115)111-95(80-48-30-16-31-49-80)68-85(113(4,5)6)69-96(111)81-50-32-17-33-51-81/h10-73H,1-9H3/i12D,13D,22D,23D,24D,25D,34D,35D,40D,41D,42D,43D,52D,53D,54D,55D,56D,57D,58D,59D,60D,61D,62D,63D,64D,65D,72D,73D. The van der Waals surface area contributed by atoms with E-state index in [4.69, 9.17) is 2.74 Å². The van der Waals surface area contributed by atoms with Crippen LogP contribution in [0.4, 0.5) is 34.1 Å². The Labute approximate surface area is 738 Å². The summed E-state index contributed by atoms with van der Waals surface area (Å²) in [5.74, 6) is 0. The Kier molecular flexibility index (Phi) is 11.6. The molecule has 0 spiro atoms. The highest BCUT2D eigenvalue weighted by Gasteiger charge is 2.47. The molecule has 0 radical (unpaired) electrons. The van der Waals surface area contributed by atoms with E-state index in [0.717, 1.165) is 20.3 Å². The molecule has 17 aromatic carbocycles. The number of para-hydroxylation sites is 2. The highest BCUT2D eigenvalue weighted by atomic mass is 15.2. The third-order valence-electron chi connectivity index (χ3n) is 22.9. The van der Waals surface area contributed by atoms with Gasteiger partial charge in [-0.15, -0.1) is 0 Å². The molecular weight excluding hydrogens is 1440 g/mol. The lowest BCUT2D eigenvalue weighted by Crippen LogP contribution is -2.61. The smallest absolute Gasteiger partial charge is 0.252 e. The van der Waals surface area contributed by atoms with E-state index in [9.17, 15) is 35.6 Å². The molecule has 0 bridgehead atoms. The number of aromatic nitrogens is 2. The molecule has 0 saturated carbocycles. The van der Waals surface area contributed by atoms with E-state index in [2.05, 4.69) is 41.5 Å². The van der Waals surface area contributed by atoms with Gasteiger partial charge in [-0.05, 0) is 190 Å². The van der Waals surface area contributed by atoms with Crippen LogP contribution in [0.1, 0.15) is 117 Å². The Balaban J connectivity index is 1.05. The van der Waals surface area contributed by atoms with Gasteiger partial charge >= 0.3 is 0 Å². The summed E-state index contributed by atoms with van der Waals surface area (Å²) < 4.78 is 292. The molecule has 119 heavy (non-hydrogen) atoms.